The van der Waals surface area contributed by atoms with E-state index in [1.807, 2.05) is 13.1 Å². The van der Waals surface area contributed by atoms with Gasteiger partial charge in [0.2, 0.25) is 0 Å². The van der Waals surface area contributed by atoms with Crippen LogP contribution in [0.1, 0.15) is 10.5 Å². The first-order valence-corrected chi connectivity index (χ1v) is 3.89. The fraction of sp³-hybridized carbons (Fsp3) is 0.111. The minimum absolute atomic E-state index is 0.418. The van der Waals surface area contributed by atoms with Gasteiger partial charge in [0.1, 0.15) is 5.69 Å². The third kappa shape index (κ3) is 1.07. The van der Waals surface area contributed by atoms with Crippen LogP contribution in [-0.4, -0.2) is 15.5 Å². The van der Waals surface area contributed by atoms with Crippen molar-refractivity contribution in [2.24, 2.45) is 12.8 Å². The number of carbonyl (C=O) groups is 1. The van der Waals surface area contributed by atoms with Crippen LogP contribution in [-0.2, 0) is 7.05 Å². The molecule has 1 amide bonds. The van der Waals surface area contributed by atoms with Crippen LogP contribution < -0.4 is 5.73 Å². The Morgan fingerprint density at radius 3 is 3.00 bits per heavy atom. The second-order valence-corrected chi connectivity index (χ2v) is 2.89. The van der Waals surface area contributed by atoms with E-state index in [-0.39, 0.29) is 0 Å². The van der Waals surface area contributed by atoms with Crippen LogP contribution in [0.15, 0.2) is 24.5 Å². The normalized spacial score (nSPS) is 10.5. The standard InChI is InChI=1S/C9H9N3O/c1-12-7-2-3-11-5-6(7)4-8(12)9(10)13/h2-5H,1H3,(H2,10,13). The van der Waals surface area contributed by atoms with Gasteiger partial charge in [-0.3, -0.25) is 9.78 Å². The molecule has 0 saturated carbocycles. The van der Waals surface area contributed by atoms with Crippen LogP contribution in [0.3, 0.4) is 0 Å². The van der Waals surface area contributed by atoms with Crippen LogP contribution in [0.5, 0.6) is 0 Å². The number of nitrogens with zero attached hydrogens (tertiary/aromatic N) is 2. The molecule has 0 aliphatic rings. The number of aryl methyl sites for hydroxylation is 1. The molecule has 4 nitrogen and oxygen atoms in total. The van der Waals surface area contributed by atoms with Crippen molar-refractivity contribution in [3.63, 3.8) is 0 Å². The number of primary amides is 1. The Labute approximate surface area is 75.0 Å². The summed E-state index contributed by atoms with van der Waals surface area (Å²) in [5.74, 6) is -0.418. The monoisotopic (exact) mass is 175 g/mol. The first-order valence-electron chi connectivity index (χ1n) is 3.89. The Kier molecular flexibility index (Phi) is 1.55. The van der Waals surface area contributed by atoms with Gasteiger partial charge in [-0.1, -0.05) is 0 Å². The van der Waals surface area contributed by atoms with Crippen molar-refractivity contribution in [1.82, 2.24) is 9.55 Å². The lowest BCUT2D eigenvalue weighted by molar-refractivity contribution is 0.0993. The van der Waals surface area contributed by atoms with Crippen LogP contribution in [0.2, 0.25) is 0 Å². The maximum absolute atomic E-state index is 11.0. The van der Waals surface area contributed by atoms with Crippen LogP contribution in [0.4, 0.5) is 0 Å². The van der Waals surface area contributed by atoms with E-state index in [9.17, 15) is 4.79 Å². The number of amides is 1. The third-order valence-electron chi connectivity index (χ3n) is 2.10. The Bertz CT molecular complexity index is 473. The molecule has 0 unspecified atom stereocenters. The maximum Gasteiger partial charge on any atom is 0.265 e. The van der Waals surface area contributed by atoms with Crippen molar-refractivity contribution in [2.75, 3.05) is 0 Å². The first-order chi connectivity index (χ1) is 6.20. The first kappa shape index (κ1) is 7.79. The van der Waals surface area contributed by atoms with Crippen molar-refractivity contribution in [1.29, 1.82) is 0 Å². The van der Waals surface area contributed by atoms with Gasteiger partial charge < -0.3 is 10.3 Å². The average molecular weight is 175 g/mol. The molecule has 2 heterocycles. The summed E-state index contributed by atoms with van der Waals surface area (Å²) in [5, 5.41) is 0.929. The number of hydrogen-bond donors (Lipinski definition) is 1. The van der Waals surface area contributed by atoms with Crippen molar-refractivity contribution in [2.45, 2.75) is 0 Å². The SMILES string of the molecule is Cn1c(C(N)=O)cc2cnccc21. The lowest BCUT2D eigenvalue weighted by Gasteiger charge is -1.98. The van der Waals surface area contributed by atoms with Crippen LogP contribution in [0, 0.1) is 0 Å². The molecule has 2 aromatic rings. The summed E-state index contributed by atoms with van der Waals surface area (Å²) in [4.78, 5) is 14.9. The van der Waals surface area contributed by atoms with E-state index in [1.165, 1.54) is 0 Å². The van der Waals surface area contributed by atoms with E-state index in [1.54, 1.807) is 23.0 Å². The Hall–Kier alpha value is -1.84. The van der Waals surface area contributed by atoms with Gasteiger partial charge in [0.25, 0.3) is 5.91 Å². The van der Waals surface area contributed by atoms with Gasteiger partial charge in [-0.15, -0.1) is 0 Å². The summed E-state index contributed by atoms with van der Waals surface area (Å²) in [6.45, 7) is 0. The molecule has 2 rings (SSSR count). The fourth-order valence-corrected chi connectivity index (χ4v) is 1.43. The van der Waals surface area contributed by atoms with Crippen molar-refractivity contribution in [3.8, 4) is 0 Å². The molecular formula is C9H9N3O. The van der Waals surface area contributed by atoms with E-state index in [4.69, 9.17) is 5.73 Å². The number of aromatic nitrogens is 2. The Morgan fingerprint density at radius 1 is 1.62 bits per heavy atom. The van der Waals surface area contributed by atoms with Gasteiger partial charge in [-0.05, 0) is 12.1 Å². The summed E-state index contributed by atoms with van der Waals surface area (Å²) in [7, 11) is 1.81. The number of carbonyl (C=O) groups excluding carboxylic acids is 1. The molecule has 0 spiro atoms. The lowest BCUT2D eigenvalue weighted by Crippen LogP contribution is -2.14. The van der Waals surface area contributed by atoms with Gasteiger partial charge in [0, 0.05) is 24.8 Å². The molecule has 0 radical (unpaired) electrons. The number of pyridine rings is 1. The Morgan fingerprint density at radius 2 is 2.38 bits per heavy atom. The van der Waals surface area contributed by atoms with E-state index in [0.717, 1.165) is 10.9 Å². The summed E-state index contributed by atoms with van der Waals surface area (Å²) < 4.78 is 1.76. The minimum Gasteiger partial charge on any atom is -0.364 e. The predicted octanol–water partition coefficient (Wildman–Crippen LogP) is 0.672. The van der Waals surface area contributed by atoms with E-state index in [2.05, 4.69) is 4.98 Å². The quantitative estimate of drug-likeness (QED) is 0.692. The molecule has 2 aromatic heterocycles. The van der Waals surface area contributed by atoms with Gasteiger partial charge in [0.05, 0.1) is 5.52 Å². The molecule has 0 aliphatic heterocycles. The third-order valence-corrected chi connectivity index (χ3v) is 2.10. The number of fused-ring (bicyclic) bond motifs is 1. The molecule has 13 heavy (non-hydrogen) atoms. The van der Waals surface area contributed by atoms with E-state index >= 15 is 0 Å². The zero-order valence-corrected chi connectivity index (χ0v) is 7.19. The number of hydrogen-bond acceptors (Lipinski definition) is 2. The zero-order valence-electron chi connectivity index (χ0n) is 7.19. The summed E-state index contributed by atoms with van der Waals surface area (Å²) in [5.41, 5.74) is 6.66. The Balaban J connectivity index is 2.81. The average Bonchev–Trinajstić information content (AvgIpc) is 2.45. The van der Waals surface area contributed by atoms with Crippen molar-refractivity contribution in [3.05, 3.63) is 30.2 Å². The van der Waals surface area contributed by atoms with Gasteiger partial charge in [-0.25, -0.2) is 0 Å². The molecule has 2 N–H and O–H groups in total. The molecule has 0 aromatic carbocycles. The van der Waals surface area contributed by atoms with Crippen LogP contribution >= 0.6 is 0 Å². The van der Waals surface area contributed by atoms with Gasteiger partial charge in [0.15, 0.2) is 0 Å². The topological polar surface area (TPSA) is 60.9 Å². The molecule has 66 valence electrons. The van der Waals surface area contributed by atoms with Crippen molar-refractivity contribution >= 4 is 16.8 Å². The van der Waals surface area contributed by atoms with Crippen molar-refractivity contribution < 1.29 is 4.79 Å². The number of rotatable bonds is 1. The predicted molar refractivity (Wildman–Crippen MR) is 49.2 cm³/mol. The number of nitrogens with two attached hydrogens (primary N) is 1. The lowest BCUT2D eigenvalue weighted by atomic mass is 10.3. The molecule has 0 bridgehead atoms. The van der Waals surface area contributed by atoms with E-state index < -0.39 is 5.91 Å². The molecular weight excluding hydrogens is 166 g/mol. The second-order valence-electron chi connectivity index (χ2n) is 2.89. The molecule has 0 aliphatic carbocycles. The smallest absolute Gasteiger partial charge is 0.265 e. The van der Waals surface area contributed by atoms with Gasteiger partial charge >= 0.3 is 0 Å². The summed E-state index contributed by atoms with van der Waals surface area (Å²) >= 11 is 0. The molecule has 0 fully saturated rings. The zero-order chi connectivity index (χ0) is 9.42. The summed E-state index contributed by atoms with van der Waals surface area (Å²) in [6.07, 6.45) is 3.40. The second kappa shape index (κ2) is 2.58. The highest BCUT2D eigenvalue weighted by Gasteiger charge is 2.08. The highest BCUT2D eigenvalue weighted by atomic mass is 16.1. The van der Waals surface area contributed by atoms with Crippen LogP contribution in [0.25, 0.3) is 10.9 Å². The molecule has 0 saturated heterocycles. The summed E-state index contributed by atoms with van der Waals surface area (Å²) in [6, 6.07) is 3.59. The van der Waals surface area contributed by atoms with E-state index in [0.29, 0.717) is 5.69 Å². The molecule has 4 heteroatoms. The fourth-order valence-electron chi connectivity index (χ4n) is 1.43. The highest BCUT2D eigenvalue weighted by molar-refractivity contribution is 5.97. The largest absolute Gasteiger partial charge is 0.364 e. The van der Waals surface area contributed by atoms with Gasteiger partial charge in [-0.2, -0.15) is 0 Å². The molecule has 0 atom stereocenters. The maximum atomic E-state index is 11.0. The minimum atomic E-state index is -0.418. The highest BCUT2D eigenvalue weighted by Crippen LogP contribution is 2.16.